The van der Waals surface area contributed by atoms with Gasteiger partial charge in [0.15, 0.2) is 0 Å². The summed E-state index contributed by atoms with van der Waals surface area (Å²) >= 11 is 0. The van der Waals surface area contributed by atoms with E-state index in [4.69, 9.17) is 10.5 Å². The maximum absolute atomic E-state index is 12.6. The van der Waals surface area contributed by atoms with E-state index in [1.54, 1.807) is 0 Å². The Labute approximate surface area is 326 Å². The summed E-state index contributed by atoms with van der Waals surface area (Å²) in [6.45, 7) is 4.80. The van der Waals surface area contributed by atoms with Gasteiger partial charge in [-0.05, 0) is 70.1 Å². The van der Waals surface area contributed by atoms with Gasteiger partial charge in [0.05, 0.1) is 0 Å². The number of hydrogen-bond acceptors (Lipinski definition) is 5. The van der Waals surface area contributed by atoms with Gasteiger partial charge in [0, 0.05) is 12.8 Å². The van der Waals surface area contributed by atoms with Crippen LogP contribution in [-0.4, -0.2) is 41.6 Å². The van der Waals surface area contributed by atoms with Crippen molar-refractivity contribution in [2.75, 3.05) is 6.54 Å². The third-order valence-corrected chi connectivity index (χ3v) is 9.93. The zero-order valence-corrected chi connectivity index (χ0v) is 34.6. The van der Waals surface area contributed by atoms with E-state index in [9.17, 15) is 19.5 Å². The molecule has 0 saturated carbocycles. The van der Waals surface area contributed by atoms with Gasteiger partial charge in [-0.25, -0.2) is 4.79 Å². The van der Waals surface area contributed by atoms with Crippen molar-refractivity contribution < 1.29 is 24.2 Å². The van der Waals surface area contributed by atoms with Gasteiger partial charge in [-0.3, -0.25) is 9.59 Å². The summed E-state index contributed by atoms with van der Waals surface area (Å²) in [5.41, 5.74) is 5.46. The molecular weight excluding hydrogens is 661 g/mol. The molecule has 0 fully saturated rings. The van der Waals surface area contributed by atoms with Crippen molar-refractivity contribution in [3.05, 3.63) is 36.5 Å². The molecule has 308 valence electrons. The molecule has 1 amide bonds. The minimum atomic E-state index is -1.02. The minimum Gasteiger partial charge on any atom is -0.480 e. The Morgan fingerprint density at radius 3 is 1.55 bits per heavy atom. The van der Waals surface area contributed by atoms with Gasteiger partial charge in [-0.2, -0.15) is 0 Å². The van der Waals surface area contributed by atoms with Crippen LogP contribution in [0, 0.1) is 0 Å². The lowest BCUT2D eigenvalue weighted by Gasteiger charge is -2.13. The second-order valence-corrected chi connectivity index (χ2v) is 15.1. The fourth-order valence-electron chi connectivity index (χ4n) is 6.59. The Hall–Kier alpha value is -2.41. The quantitative estimate of drug-likeness (QED) is 0.0326. The molecule has 0 aliphatic heterocycles. The zero-order valence-electron chi connectivity index (χ0n) is 34.6. The molecule has 0 bridgehead atoms. The number of ether oxygens (including phenoxy) is 1. The van der Waals surface area contributed by atoms with Crippen molar-refractivity contribution in [3.8, 4) is 0 Å². The zero-order chi connectivity index (χ0) is 38.9. The molecule has 2 atom stereocenters. The Morgan fingerprint density at radius 2 is 1.06 bits per heavy atom. The molecule has 0 aliphatic carbocycles. The SMILES string of the molecule is CC/C=C\C/C=C\C(/C=C\CCCCCC(=O)NC(CCCN)C(=O)O)OC(=O)CCCCCCCCCCCCCCCCCCCCCCCC. The molecular formula is C46H84N2O5. The van der Waals surface area contributed by atoms with Gasteiger partial charge in [-0.15, -0.1) is 0 Å². The Morgan fingerprint density at radius 1 is 0.585 bits per heavy atom. The summed E-state index contributed by atoms with van der Waals surface area (Å²) in [6, 6.07) is -0.873. The number of carbonyl (C=O) groups is 3. The van der Waals surface area contributed by atoms with Crippen LogP contribution in [-0.2, 0) is 19.1 Å². The number of carbonyl (C=O) groups excluding carboxylic acids is 2. The van der Waals surface area contributed by atoms with Crippen molar-refractivity contribution in [2.24, 2.45) is 5.73 Å². The van der Waals surface area contributed by atoms with Crippen LogP contribution in [0.2, 0.25) is 0 Å². The third-order valence-electron chi connectivity index (χ3n) is 9.93. The number of nitrogens with two attached hydrogens (primary N) is 1. The number of allylic oxidation sites excluding steroid dienone is 4. The molecule has 4 N–H and O–H groups in total. The van der Waals surface area contributed by atoms with E-state index >= 15 is 0 Å². The normalized spacial score (nSPS) is 13.0. The highest BCUT2D eigenvalue weighted by atomic mass is 16.5. The van der Waals surface area contributed by atoms with Crippen LogP contribution < -0.4 is 11.1 Å². The Kier molecular flexibility index (Phi) is 38.9. The van der Waals surface area contributed by atoms with Crippen molar-refractivity contribution in [2.45, 2.75) is 231 Å². The molecule has 7 heteroatoms. The number of unbranched alkanes of at least 4 members (excludes halogenated alkanes) is 24. The van der Waals surface area contributed by atoms with Crippen LogP contribution in [0.3, 0.4) is 0 Å². The Balaban J connectivity index is 3.99. The third kappa shape index (κ3) is 37.7. The van der Waals surface area contributed by atoms with E-state index in [0.717, 1.165) is 44.9 Å². The molecule has 0 aliphatic rings. The first kappa shape index (κ1) is 50.6. The van der Waals surface area contributed by atoms with Crippen molar-refractivity contribution >= 4 is 17.8 Å². The van der Waals surface area contributed by atoms with Crippen molar-refractivity contribution in [1.29, 1.82) is 0 Å². The second kappa shape index (κ2) is 40.8. The van der Waals surface area contributed by atoms with Crippen LogP contribution in [0.5, 0.6) is 0 Å². The number of carboxylic acids is 1. The standard InChI is InChI=1S/C46H84N2O5/c1-3-5-7-9-10-11-12-13-14-15-16-17-18-19-20-21-22-23-24-25-30-34-40-45(50)53-42(36-31-27-8-6-4-2)37-32-28-26-29-33-39-44(49)48-43(46(51)52)38-35-41-47/h6,8,31-32,36-37,42-43H,3-5,7,9-30,33-35,38-41,47H2,1-2H3,(H,48,49)(H,51,52)/b8-6-,36-31-,37-32-. The number of esters is 1. The molecule has 53 heavy (non-hydrogen) atoms. The maximum atomic E-state index is 12.6. The first-order chi connectivity index (χ1) is 25.9. The van der Waals surface area contributed by atoms with Crippen LogP contribution in [0.4, 0.5) is 0 Å². The summed E-state index contributed by atoms with van der Waals surface area (Å²) in [5, 5.41) is 11.9. The first-order valence-corrected chi connectivity index (χ1v) is 22.3. The molecule has 0 radical (unpaired) electrons. The van der Waals surface area contributed by atoms with Crippen molar-refractivity contribution in [3.63, 3.8) is 0 Å². The Bertz CT molecular complexity index is 931. The lowest BCUT2D eigenvalue weighted by Crippen LogP contribution is -2.40. The van der Waals surface area contributed by atoms with E-state index < -0.39 is 12.0 Å². The summed E-state index contributed by atoms with van der Waals surface area (Å²) in [5.74, 6) is -1.39. The van der Waals surface area contributed by atoms with E-state index in [1.807, 2.05) is 18.2 Å². The number of hydrogen-bond donors (Lipinski definition) is 3. The van der Waals surface area contributed by atoms with Gasteiger partial charge in [0.25, 0.3) is 0 Å². The summed E-state index contributed by atoms with van der Waals surface area (Å²) in [7, 11) is 0. The topological polar surface area (TPSA) is 119 Å². The van der Waals surface area contributed by atoms with Crippen LogP contribution in [0.25, 0.3) is 0 Å². The molecule has 0 spiro atoms. The average Bonchev–Trinajstić information content (AvgIpc) is 3.14. The number of nitrogens with one attached hydrogen (secondary N) is 1. The average molecular weight is 745 g/mol. The predicted molar refractivity (Wildman–Crippen MR) is 225 cm³/mol. The largest absolute Gasteiger partial charge is 0.480 e. The molecule has 0 aromatic heterocycles. The lowest BCUT2D eigenvalue weighted by atomic mass is 10.0. The van der Waals surface area contributed by atoms with E-state index in [1.165, 1.54) is 128 Å². The highest BCUT2D eigenvalue weighted by Gasteiger charge is 2.18. The molecule has 0 aromatic rings. The predicted octanol–water partition coefficient (Wildman–Crippen LogP) is 12.6. The number of aliphatic carboxylic acids is 1. The van der Waals surface area contributed by atoms with E-state index in [2.05, 4.69) is 37.4 Å². The molecule has 0 heterocycles. The molecule has 2 unspecified atom stereocenters. The van der Waals surface area contributed by atoms with E-state index in [0.29, 0.717) is 38.6 Å². The van der Waals surface area contributed by atoms with Gasteiger partial charge < -0.3 is 20.9 Å². The van der Waals surface area contributed by atoms with Crippen molar-refractivity contribution in [1.82, 2.24) is 5.32 Å². The number of carboxylic acid groups (broad SMARTS) is 1. The molecule has 0 rings (SSSR count). The van der Waals surface area contributed by atoms with E-state index in [-0.39, 0.29) is 18.0 Å². The van der Waals surface area contributed by atoms with Gasteiger partial charge in [0.1, 0.15) is 12.1 Å². The second-order valence-electron chi connectivity index (χ2n) is 15.1. The van der Waals surface area contributed by atoms with Gasteiger partial charge >= 0.3 is 11.9 Å². The van der Waals surface area contributed by atoms with Crippen LogP contribution in [0.15, 0.2) is 36.5 Å². The van der Waals surface area contributed by atoms with Crippen LogP contribution >= 0.6 is 0 Å². The lowest BCUT2D eigenvalue weighted by molar-refractivity contribution is -0.145. The highest BCUT2D eigenvalue weighted by Crippen LogP contribution is 2.16. The monoisotopic (exact) mass is 745 g/mol. The van der Waals surface area contributed by atoms with Gasteiger partial charge in [0.2, 0.25) is 5.91 Å². The highest BCUT2D eigenvalue weighted by molar-refractivity contribution is 5.83. The van der Waals surface area contributed by atoms with Gasteiger partial charge in [-0.1, -0.05) is 179 Å². The fraction of sp³-hybridized carbons (Fsp3) is 0.804. The minimum absolute atomic E-state index is 0.140. The van der Waals surface area contributed by atoms with Crippen LogP contribution in [0.1, 0.15) is 219 Å². The number of amides is 1. The maximum Gasteiger partial charge on any atom is 0.326 e. The number of rotatable bonds is 40. The molecule has 0 saturated heterocycles. The summed E-state index contributed by atoms with van der Waals surface area (Å²) in [4.78, 5) is 36.1. The summed E-state index contributed by atoms with van der Waals surface area (Å²) < 4.78 is 5.80. The summed E-state index contributed by atoms with van der Waals surface area (Å²) in [6.07, 6.45) is 48.4. The smallest absolute Gasteiger partial charge is 0.326 e. The first-order valence-electron chi connectivity index (χ1n) is 22.3. The fourth-order valence-corrected chi connectivity index (χ4v) is 6.59. The molecule has 0 aromatic carbocycles. The molecule has 7 nitrogen and oxygen atoms in total.